The van der Waals surface area contributed by atoms with Crippen LogP contribution in [0.1, 0.15) is 86.5 Å². The van der Waals surface area contributed by atoms with Gasteiger partial charge in [-0.2, -0.15) is 0 Å². The van der Waals surface area contributed by atoms with Crippen LogP contribution in [0.3, 0.4) is 0 Å². The molecule has 2 aliphatic carbocycles. The van der Waals surface area contributed by atoms with Crippen molar-refractivity contribution in [2.24, 2.45) is 28.6 Å². The fourth-order valence-electron chi connectivity index (χ4n) is 6.81. The Bertz CT molecular complexity index is 513. The Balaban J connectivity index is 1.72. The van der Waals surface area contributed by atoms with Gasteiger partial charge in [-0.25, -0.2) is 0 Å². The van der Waals surface area contributed by atoms with E-state index in [1.54, 1.807) is 0 Å². The number of carbonyl (C=O) groups is 1. The van der Waals surface area contributed by atoms with E-state index >= 15 is 0 Å². The van der Waals surface area contributed by atoms with Crippen LogP contribution in [0, 0.1) is 28.6 Å². The van der Waals surface area contributed by atoms with Crippen LogP contribution >= 0.6 is 0 Å². The van der Waals surface area contributed by atoms with Crippen molar-refractivity contribution < 1.29 is 14.3 Å². The second-order valence-electron chi connectivity index (χ2n) is 10.3. The lowest BCUT2D eigenvalue weighted by Gasteiger charge is -2.60. The van der Waals surface area contributed by atoms with E-state index in [1.165, 1.54) is 45.4 Å². The van der Waals surface area contributed by atoms with Crippen molar-refractivity contribution in [3.8, 4) is 0 Å². The quantitative estimate of drug-likeness (QED) is 0.640. The molecule has 0 N–H and O–H groups in total. The summed E-state index contributed by atoms with van der Waals surface area (Å²) in [6.45, 7) is 14.2. The first-order chi connectivity index (χ1) is 11.6. The molecule has 0 amide bonds. The molecule has 0 radical (unpaired) electrons. The zero-order valence-corrected chi connectivity index (χ0v) is 17.2. The molecule has 1 saturated heterocycles. The van der Waals surface area contributed by atoms with E-state index < -0.39 is 0 Å². The molecule has 0 spiro atoms. The van der Waals surface area contributed by atoms with Gasteiger partial charge in [0.15, 0.2) is 0 Å². The highest BCUT2D eigenvalue weighted by Crippen LogP contribution is 2.66. The van der Waals surface area contributed by atoms with Gasteiger partial charge in [-0.05, 0) is 74.0 Å². The molecular formula is C22H38O3. The molecule has 3 aliphatic rings. The predicted molar refractivity (Wildman–Crippen MR) is 100 cm³/mol. The highest BCUT2D eigenvalue weighted by molar-refractivity contribution is 5.65. The highest BCUT2D eigenvalue weighted by atomic mass is 16.5. The van der Waals surface area contributed by atoms with E-state index in [0.717, 1.165) is 12.3 Å². The zero-order chi connectivity index (χ0) is 18.5. The lowest BCUT2D eigenvalue weighted by atomic mass is 9.45. The number of ether oxygens (including phenoxy) is 2. The smallest absolute Gasteiger partial charge is 0.302 e. The van der Waals surface area contributed by atoms with Gasteiger partial charge in [-0.3, -0.25) is 4.79 Å². The predicted octanol–water partition coefficient (Wildman–Crippen LogP) is 5.37. The number of hydrogen-bond acceptors (Lipinski definition) is 3. The summed E-state index contributed by atoms with van der Waals surface area (Å²) in [7, 11) is 0. The van der Waals surface area contributed by atoms with E-state index in [1.807, 2.05) is 0 Å². The summed E-state index contributed by atoms with van der Waals surface area (Å²) in [6, 6.07) is 0. The maximum Gasteiger partial charge on any atom is 0.302 e. The lowest BCUT2D eigenvalue weighted by molar-refractivity contribution is -0.159. The molecule has 0 aromatic rings. The molecule has 144 valence electrons. The van der Waals surface area contributed by atoms with Crippen LogP contribution in [0.5, 0.6) is 0 Å². The van der Waals surface area contributed by atoms with Crippen molar-refractivity contribution in [1.82, 2.24) is 0 Å². The molecule has 3 heteroatoms. The van der Waals surface area contributed by atoms with Crippen LogP contribution in [0.4, 0.5) is 0 Å². The third-order valence-corrected chi connectivity index (χ3v) is 8.14. The van der Waals surface area contributed by atoms with Crippen LogP contribution in [0.15, 0.2) is 0 Å². The summed E-state index contributed by atoms with van der Waals surface area (Å²) >= 11 is 0. The lowest BCUT2D eigenvalue weighted by Crippen LogP contribution is -2.55. The number of rotatable bonds is 4. The van der Waals surface area contributed by atoms with E-state index in [9.17, 15) is 4.79 Å². The number of fused-ring (bicyclic) bond motifs is 3. The van der Waals surface area contributed by atoms with Gasteiger partial charge in [0, 0.05) is 6.92 Å². The molecular weight excluding hydrogens is 312 g/mol. The van der Waals surface area contributed by atoms with E-state index in [2.05, 4.69) is 34.6 Å². The topological polar surface area (TPSA) is 35.5 Å². The van der Waals surface area contributed by atoms with Crippen LogP contribution in [-0.2, 0) is 14.3 Å². The molecule has 0 aromatic carbocycles. The molecule has 1 heterocycles. The molecule has 1 aliphatic heterocycles. The largest absolute Gasteiger partial charge is 0.466 e. The van der Waals surface area contributed by atoms with Gasteiger partial charge in [0.2, 0.25) is 0 Å². The Morgan fingerprint density at radius 3 is 2.56 bits per heavy atom. The minimum absolute atomic E-state index is 0.0407. The van der Waals surface area contributed by atoms with E-state index in [4.69, 9.17) is 9.47 Å². The number of hydrogen-bond donors (Lipinski definition) is 0. The molecule has 0 unspecified atom stereocenters. The average molecular weight is 351 g/mol. The number of esters is 1. The van der Waals surface area contributed by atoms with Crippen LogP contribution in [0.25, 0.3) is 0 Å². The second-order valence-corrected chi connectivity index (χ2v) is 10.3. The number of carbonyl (C=O) groups excluding carboxylic acids is 1. The molecule has 3 fully saturated rings. The molecule has 2 saturated carbocycles. The van der Waals surface area contributed by atoms with Gasteiger partial charge in [-0.15, -0.1) is 0 Å². The Morgan fingerprint density at radius 2 is 1.88 bits per heavy atom. The summed E-state index contributed by atoms with van der Waals surface area (Å²) in [5.74, 6) is 1.76. The van der Waals surface area contributed by atoms with Crippen molar-refractivity contribution in [2.75, 3.05) is 6.61 Å². The van der Waals surface area contributed by atoms with Crippen LogP contribution in [-0.4, -0.2) is 24.3 Å². The minimum atomic E-state index is -0.181. The van der Waals surface area contributed by atoms with Gasteiger partial charge >= 0.3 is 5.97 Å². The SMILES string of the molecule is CC(=O)OCC[C@@H](C)[C@@H]1C[C@@H]2[C@@]3(C)CCCC(C)(C)[C@@H]3CC[C@@]2(C)O1. The average Bonchev–Trinajstić information content (AvgIpc) is 2.85. The molecule has 3 nitrogen and oxygen atoms in total. The van der Waals surface area contributed by atoms with E-state index in [-0.39, 0.29) is 11.6 Å². The molecule has 3 rings (SSSR count). The van der Waals surface area contributed by atoms with Crippen molar-refractivity contribution in [2.45, 2.75) is 98.2 Å². The third kappa shape index (κ3) is 3.38. The summed E-state index contributed by atoms with van der Waals surface area (Å²) < 4.78 is 11.9. The van der Waals surface area contributed by atoms with Gasteiger partial charge in [0.25, 0.3) is 0 Å². The van der Waals surface area contributed by atoms with Crippen molar-refractivity contribution in [3.05, 3.63) is 0 Å². The summed E-state index contributed by atoms with van der Waals surface area (Å²) in [5, 5.41) is 0. The Hall–Kier alpha value is -0.570. The summed E-state index contributed by atoms with van der Waals surface area (Å²) in [4.78, 5) is 11.0. The summed E-state index contributed by atoms with van der Waals surface area (Å²) in [6.07, 6.45) is 9.00. The standard InChI is InChI=1S/C22H38O3/c1-15(9-13-24-16(2)23)17-14-19-21(5)11-7-10-20(3,4)18(21)8-12-22(19,6)25-17/h15,17-19H,7-14H2,1-6H3/t15-,17+,18+,19-,21+,22-/m1/s1. The first kappa shape index (κ1) is 19.2. The monoisotopic (exact) mass is 350 g/mol. The van der Waals surface area contributed by atoms with Gasteiger partial charge < -0.3 is 9.47 Å². The summed E-state index contributed by atoms with van der Waals surface area (Å²) in [5.41, 5.74) is 0.922. The molecule has 0 bridgehead atoms. The molecule has 25 heavy (non-hydrogen) atoms. The Morgan fingerprint density at radius 1 is 1.16 bits per heavy atom. The Kier molecular flexibility index (Phi) is 5.03. The van der Waals surface area contributed by atoms with Gasteiger partial charge in [0.1, 0.15) is 0 Å². The fraction of sp³-hybridized carbons (Fsp3) is 0.955. The molecule has 6 atom stereocenters. The van der Waals surface area contributed by atoms with Crippen LogP contribution < -0.4 is 0 Å². The minimum Gasteiger partial charge on any atom is -0.466 e. The first-order valence-corrected chi connectivity index (χ1v) is 10.4. The fourth-order valence-corrected chi connectivity index (χ4v) is 6.81. The molecule has 0 aromatic heterocycles. The maximum atomic E-state index is 11.0. The van der Waals surface area contributed by atoms with Gasteiger partial charge in [0.05, 0.1) is 18.3 Å². The van der Waals surface area contributed by atoms with Crippen molar-refractivity contribution in [3.63, 3.8) is 0 Å². The third-order valence-electron chi connectivity index (χ3n) is 8.14. The highest BCUT2D eigenvalue weighted by Gasteiger charge is 2.62. The van der Waals surface area contributed by atoms with E-state index in [0.29, 0.717) is 35.4 Å². The van der Waals surface area contributed by atoms with Crippen molar-refractivity contribution in [1.29, 1.82) is 0 Å². The second kappa shape index (κ2) is 6.55. The maximum absolute atomic E-state index is 11.0. The van der Waals surface area contributed by atoms with Crippen molar-refractivity contribution >= 4 is 5.97 Å². The Labute approximate surface area is 154 Å². The normalized spacial score (nSPS) is 43.8. The van der Waals surface area contributed by atoms with Crippen LogP contribution in [0.2, 0.25) is 0 Å². The van der Waals surface area contributed by atoms with Gasteiger partial charge in [-0.1, -0.05) is 34.1 Å². The zero-order valence-electron chi connectivity index (χ0n) is 17.2. The first-order valence-electron chi connectivity index (χ1n) is 10.4.